The molecule has 0 spiro atoms. The van der Waals surface area contributed by atoms with Crippen molar-refractivity contribution < 1.29 is 14.3 Å². The summed E-state index contributed by atoms with van der Waals surface area (Å²) in [6, 6.07) is 11.4. The topological polar surface area (TPSA) is 49.3 Å². The molecular formula is C14H11FINO2. The zero-order valence-electron chi connectivity index (χ0n) is 9.86. The Morgan fingerprint density at radius 3 is 2.53 bits per heavy atom. The summed E-state index contributed by atoms with van der Waals surface area (Å²) in [7, 11) is 0. The van der Waals surface area contributed by atoms with Gasteiger partial charge >= 0.3 is 5.97 Å². The van der Waals surface area contributed by atoms with Gasteiger partial charge in [-0.15, -0.1) is 0 Å². The first-order chi connectivity index (χ1) is 9.08. The normalized spacial score (nSPS) is 10.2. The van der Waals surface area contributed by atoms with E-state index in [0.29, 0.717) is 10.1 Å². The maximum Gasteiger partial charge on any atom is 0.335 e. The molecule has 0 fully saturated rings. The number of benzene rings is 2. The van der Waals surface area contributed by atoms with Crippen LogP contribution >= 0.6 is 22.6 Å². The monoisotopic (exact) mass is 371 g/mol. The molecule has 0 aliphatic rings. The maximum atomic E-state index is 13.3. The molecule has 0 aromatic heterocycles. The first kappa shape index (κ1) is 13.8. The molecule has 0 unspecified atom stereocenters. The third-order valence-electron chi connectivity index (χ3n) is 2.64. The van der Waals surface area contributed by atoms with Crippen molar-refractivity contribution in [2.75, 3.05) is 5.32 Å². The Hall–Kier alpha value is -1.63. The van der Waals surface area contributed by atoms with Crippen molar-refractivity contribution in [2.24, 2.45) is 0 Å². The highest BCUT2D eigenvalue weighted by Crippen LogP contribution is 2.21. The van der Waals surface area contributed by atoms with Crippen LogP contribution in [-0.2, 0) is 6.54 Å². The molecule has 5 heteroatoms. The number of hydrogen-bond donors (Lipinski definition) is 2. The van der Waals surface area contributed by atoms with Crippen LogP contribution in [0.3, 0.4) is 0 Å². The zero-order chi connectivity index (χ0) is 13.8. The quantitative estimate of drug-likeness (QED) is 0.806. The summed E-state index contributed by atoms with van der Waals surface area (Å²) in [4.78, 5) is 10.7. The first-order valence-electron chi connectivity index (χ1n) is 5.58. The molecule has 0 saturated carbocycles. The largest absolute Gasteiger partial charge is 0.478 e. The van der Waals surface area contributed by atoms with Crippen LogP contribution in [0, 0.1) is 9.39 Å². The lowest BCUT2D eigenvalue weighted by Crippen LogP contribution is -2.03. The third kappa shape index (κ3) is 3.44. The Labute approximate surface area is 123 Å². The van der Waals surface area contributed by atoms with Gasteiger partial charge in [0.2, 0.25) is 0 Å². The zero-order valence-corrected chi connectivity index (χ0v) is 12.0. The van der Waals surface area contributed by atoms with Gasteiger partial charge in [0.05, 0.1) is 14.8 Å². The van der Waals surface area contributed by atoms with E-state index in [2.05, 4.69) is 5.32 Å². The van der Waals surface area contributed by atoms with Crippen molar-refractivity contribution in [3.63, 3.8) is 0 Å². The van der Waals surface area contributed by atoms with E-state index in [1.165, 1.54) is 6.07 Å². The summed E-state index contributed by atoms with van der Waals surface area (Å²) < 4.78 is 13.9. The molecule has 0 amide bonds. The van der Waals surface area contributed by atoms with Gasteiger partial charge in [-0.3, -0.25) is 0 Å². The lowest BCUT2D eigenvalue weighted by atomic mass is 10.1. The molecule has 0 aliphatic heterocycles. The molecule has 0 aliphatic carbocycles. The number of hydrogen-bond acceptors (Lipinski definition) is 2. The molecule has 0 bridgehead atoms. The van der Waals surface area contributed by atoms with Gasteiger partial charge in [0.15, 0.2) is 0 Å². The summed E-state index contributed by atoms with van der Waals surface area (Å²) in [5, 5.41) is 11.9. The van der Waals surface area contributed by atoms with Gasteiger partial charge in [-0.1, -0.05) is 18.2 Å². The summed E-state index contributed by atoms with van der Waals surface area (Å²) in [6.07, 6.45) is 0. The number of carboxylic acid groups (broad SMARTS) is 1. The second-order valence-electron chi connectivity index (χ2n) is 3.96. The van der Waals surface area contributed by atoms with Gasteiger partial charge < -0.3 is 10.4 Å². The molecule has 0 heterocycles. The third-order valence-corrected chi connectivity index (χ3v) is 3.73. The second kappa shape index (κ2) is 6.01. The first-order valence-corrected chi connectivity index (χ1v) is 6.66. The summed E-state index contributed by atoms with van der Waals surface area (Å²) in [6.45, 7) is 0.513. The van der Waals surface area contributed by atoms with Crippen molar-refractivity contribution in [1.29, 1.82) is 0 Å². The SMILES string of the molecule is O=C(O)c1ccc(CNc2cccc(F)c2I)cc1. The molecule has 98 valence electrons. The van der Waals surface area contributed by atoms with E-state index in [-0.39, 0.29) is 11.4 Å². The fourth-order valence-electron chi connectivity index (χ4n) is 1.60. The minimum atomic E-state index is -0.945. The molecule has 2 aromatic carbocycles. The molecule has 19 heavy (non-hydrogen) atoms. The van der Waals surface area contributed by atoms with Crippen LogP contribution < -0.4 is 5.32 Å². The summed E-state index contributed by atoms with van der Waals surface area (Å²) in [5.41, 5.74) is 1.91. The number of carboxylic acids is 1. The number of carbonyl (C=O) groups is 1. The van der Waals surface area contributed by atoms with E-state index in [9.17, 15) is 9.18 Å². The fraction of sp³-hybridized carbons (Fsp3) is 0.0714. The Morgan fingerprint density at radius 1 is 1.21 bits per heavy atom. The van der Waals surface area contributed by atoms with E-state index in [0.717, 1.165) is 11.3 Å². The Bertz CT molecular complexity index is 599. The Balaban J connectivity index is 2.06. The van der Waals surface area contributed by atoms with Crippen LogP contribution in [0.1, 0.15) is 15.9 Å². The highest BCUT2D eigenvalue weighted by atomic mass is 127. The van der Waals surface area contributed by atoms with E-state index in [1.807, 2.05) is 22.6 Å². The maximum absolute atomic E-state index is 13.3. The molecule has 0 saturated heterocycles. The fourth-order valence-corrected chi connectivity index (χ4v) is 2.15. The van der Waals surface area contributed by atoms with Gasteiger partial charge in [-0.05, 0) is 52.4 Å². The molecular weight excluding hydrogens is 360 g/mol. The van der Waals surface area contributed by atoms with Crippen LogP contribution in [-0.4, -0.2) is 11.1 Å². The average molecular weight is 371 g/mol. The Morgan fingerprint density at radius 2 is 1.89 bits per heavy atom. The predicted octanol–water partition coefficient (Wildman–Crippen LogP) is 3.74. The van der Waals surface area contributed by atoms with Crippen LogP contribution in [0.5, 0.6) is 0 Å². The van der Waals surface area contributed by atoms with Crippen molar-refractivity contribution in [3.05, 3.63) is 63.0 Å². The number of anilines is 1. The number of rotatable bonds is 4. The number of nitrogens with one attached hydrogen (secondary N) is 1. The molecule has 2 N–H and O–H groups in total. The number of aromatic carboxylic acids is 1. The van der Waals surface area contributed by atoms with Crippen LogP contribution in [0.4, 0.5) is 10.1 Å². The Kier molecular flexibility index (Phi) is 4.36. The van der Waals surface area contributed by atoms with E-state index in [4.69, 9.17) is 5.11 Å². The van der Waals surface area contributed by atoms with Crippen LogP contribution in [0.15, 0.2) is 42.5 Å². The molecule has 2 aromatic rings. The van der Waals surface area contributed by atoms with Crippen molar-refractivity contribution in [3.8, 4) is 0 Å². The van der Waals surface area contributed by atoms with Gasteiger partial charge in [0.25, 0.3) is 0 Å². The van der Waals surface area contributed by atoms with Crippen LogP contribution in [0.2, 0.25) is 0 Å². The molecule has 2 rings (SSSR count). The minimum absolute atomic E-state index is 0.254. The van der Waals surface area contributed by atoms with E-state index < -0.39 is 5.97 Å². The predicted molar refractivity (Wildman–Crippen MR) is 79.8 cm³/mol. The smallest absolute Gasteiger partial charge is 0.335 e. The van der Waals surface area contributed by atoms with E-state index >= 15 is 0 Å². The summed E-state index contributed by atoms with van der Waals surface area (Å²) in [5.74, 6) is -1.20. The standard InChI is InChI=1S/C14H11FINO2/c15-11-2-1-3-12(13(11)16)17-8-9-4-6-10(7-5-9)14(18)19/h1-7,17H,8H2,(H,18,19). The second-order valence-corrected chi connectivity index (χ2v) is 5.04. The van der Waals surface area contributed by atoms with Gasteiger partial charge in [-0.25, -0.2) is 9.18 Å². The minimum Gasteiger partial charge on any atom is -0.478 e. The van der Waals surface area contributed by atoms with Crippen molar-refractivity contribution in [2.45, 2.75) is 6.54 Å². The molecule has 0 radical (unpaired) electrons. The molecule has 0 atom stereocenters. The molecule has 3 nitrogen and oxygen atoms in total. The van der Waals surface area contributed by atoms with Gasteiger partial charge in [-0.2, -0.15) is 0 Å². The van der Waals surface area contributed by atoms with Crippen molar-refractivity contribution >= 4 is 34.2 Å². The summed E-state index contributed by atoms with van der Waals surface area (Å²) >= 11 is 1.95. The van der Waals surface area contributed by atoms with Crippen molar-refractivity contribution in [1.82, 2.24) is 0 Å². The lowest BCUT2D eigenvalue weighted by Gasteiger charge is -2.09. The van der Waals surface area contributed by atoms with E-state index in [1.54, 1.807) is 36.4 Å². The highest BCUT2D eigenvalue weighted by molar-refractivity contribution is 14.1. The van der Waals surface area contributed by atoms with Gasteiger partial charge in [0, 0.05) is 6.54 Å². The number of halogens is 2. The van der Waals surface area contributed by atoms with Crippen LogP contribution in [0.25, 0.3) is 0 Å². The lowest BCUT2D eigenvalue weighted by molar-refractivity contribution is 0.0697. The van der Waals surface area contributed by atoms with Gasteiger partial charge in [0.1, 0.15) is 5.82 Å². The average Bonchev–Trinajstić information content (AvgIpc) is 2.41. The highest BCUT2D eigenvalue weighted by Gasteiger charge is 2.05.